The van der Waals surface area contributed by atoms with Gasteiger partial charge in [-0.25, -0.2) is 0 Å². The Morgan fingerprint density at radius 3 is 1.69 bits per heavy atom. The van der Waals surface area contributed by atoms with E-state index in [1.54, 1.807) is 24.3 Å². The number of benzene rings is 3. The summed E-state index contributed by atoms with van der Waals surface area (Å²) in [6.45, 7) is 0. The SMILES string of the molecule is O=C(/C(=N/Nc1ccccc1)c1ccc([N+](=O)[O-])cc1)c1ccc([N+](=O)[O-])cc1. The summed E-state index contributed by atoms with van der Waals surface area (Å²) in [5, 5.41) is 25.9. The van der Waals surface area contributed by atoms with Gasteiger partial charge < -0.3 is 0 Å². The number of hydrogen-bond acceptors (Lipinski definition) is 7. The van der Waals surface area contributed by atoms with Crippen molar-refractivity contribution in [2.45, 2.75) is 0 Å². The molecule has 0 fully saturated rings. The summed E-state index contributed by atoms with van der Waals surface area (Å²) in [6, 6.07) is 19.5. The number of nitrogens with zero attached hydrogens (tertiary/aromatic N) is 3. The molecule has 3 aromatic rings. The fourth-order valence-corrected chi connectivity index (χ4v) is 2.49. The van der Waals surface area contributed by atoms with Crippen LogP contribution >= 0.6 is 0 Å². The number of non-ortho nitro benzene ring substituents is 2. The minimum absolute atomic E-state index is 0.0117. The Labute approximate surface area is 164 Å². The molecule has 0 aliphatic rings. The lowest BCUT2D eigenvalue weighted by Gasteiger charge is -2.08. The van der Waals surface area contributed by atoms with Gasteiger partial charge in [0.05, 0.1) is 15.5 Å². The van der Waals surface area contributed by atoms with Crippen molar-refractivity contribution in [3.05, 3.63) is 110 Å². The summed E-state index contributed by atoms with van der Waals surface area (Å²) in [5.41, 5.74) is 3.74. The Kier molecular flexibility index (Phi) is 5.69. The molecule has 0 aliphatic carbocycles. The zero-order chi connectivity index (χ0) is 20.8. The molecule has 0 unspecified atom stereocenters. The van der Waals surface area contributed by atoms with Crippen molar-refractivity contribution in [3.63, 3.8) is 0 Å². The number of ketones is 1. The molecule has 0 atom stereocenters. The van der Waals surface area contributed by atoms with Gasteiger partial charge in [0.15, 0.2) is 0 Å². The first-order chi connectivity index (χ1) is 14.0. The second kappa shape index (κ2) is 8.53. The van der Waals surface area contributed by atoms with E-state index in [2.05, 4.69) is 10.5 Å². The molecule has 144 valence electrons. The van der Waals surface area contributed by atoms with Crippen LogP contribution in [-0.2, 0) is 0 Å². The third-order valence-corrected chi connectivity index (χ3v) is 3.98. The van der Waals surface area contributed by atoms with Gasteiger partial charge in [0.1, 0.15) is 5.71 Å². The number of para-hydroxylation sites is 1. The third kappa shape index (κ3) is 4.66. The number of carbonyl (C=O) groups excluding carboxylic acids is 1. The molecule has 0 heterocycles. The molecule has 29 heavy (non-hydrogen) atoms. The van der Waals surface area contributed by atoms with Gasteiger partial charge in [-0.15, -0.1) is 0 Å². The van der Waals surface area contributed by atoms with Crippen LogP contribution < -0.4 is 5.43 Å². The van der Waals surface area contributed by atoms with Crippen LogP contribution in [0, 0.1) is 20.2 Å². The standard InChI is InChI=1S/C20H14N4O5/c25-20(15-8-12-18(13-9-15)24(28)29)19(22-21-16-4-2-1-3-5-16)14-6-10-17(11-7-14)23(26)27/h1-13,21H/b22-19+. The first-order valence-corrected chi connectivity index (χ1v) is 8.38. The van der Waals surface area contributed by atoms with Crippen LogP contribution in [0.4, 0.5) is 17.1 Å². The molecule has 0 aromatic heterocycles. The summed E-state index contributed by atoms with van der Waals surface area (Å²) in [4.78, 5) is 33.6. The lowest BCUT2D eigenvalue weighted by molar-refractivity contribution is -0.385. The topological polar surface area (TPSA) is 128 Å². The van der Waals surface area contributed by atoms with Crippen LogP contribution in [0.1, 0.15) is 15.9 Å². The fourth-order valence-electron chi connectivity index (χ4n) is 2.49. The van der Waals surface area contributed by atoms with Crippen LogP contribution in [0.25, 0.3) is 0 Å². The predicted molar refractivity (Wildman–Crippen MR) is 107 cm³/mol. The highest BCUT2D eigenvalue weighted by molar-refractivity contribution is 6.51. The highest BCUT2D eigenvalue weighted by atomic mass is 16.6. The number of nitro groups is 2. The Balaban J connectivity index is 1.98. The van der Waals surface area contributed by atoms with E-state index < -0.39 is 15.6 Å². The highest BCUT2D eigenvalue weighted by Gasteiger charge is 2.19. The number of rotatable bonds is 7. The van der Waals surface area contributed by atoms with E-state index >= 15 is 0 Å². The van der Waals surface area contributed by atoms with Crippen molar-refractivity contribution in [2.24, 2.45) is 5.10 Å². The first-order valence-electron chi connectivity index (χ1n) is 8.38. The average molecular weight is 390 g/mol. The molecule has 3 rings (SSSR count). The number of Topliss-reactive ketones (excluding diaryl/α,β-unsaturated/α-hetero) is 1. The third-order valence-electron chi connectivity index (χ3n) is 3.98. The van der Waals surface area contributed by atoms with Crippen molar-refractivity contribution in [2.75, 3.05) is 5.43 Å². The van der Waals surface area contributed by atoms with Crippen molar-refractivity contribution in [1.29, 1.82) is 0 Å². The lowest BCUT2D eigenvalue weighted by atomic mass is 10.0. The van der Waals surface area contributed by atoms with Crippen molar-refractivity contribution >= 4 is 28.6 Å². The van der Waals surface area contributed by atoms with Crippen molar-refractivity contribution in [3.8, 4) is 0 Å². The Morgan fingerprint density at radius 1 is 0.724 bits per heavy atom. The lowest BCUT2D eigenvalue weighted by Crippen LogP contribution is -2.18. The number of carbonyl (C=O) groups is 1. The minimum atomic E-state index is -0.559. The monoisotopic (exact) mass is 390 g/mol. The first kappa shape index (κ1) is 19.4. The summed E-state index contributed by atoms with van der Waals surface area (Å²) in [5.74, 6) is -0.489. The molecule has 0 amide bonds. The van der Waals surface area contributed by atoms with Gasteiger partial charge in [0.25, 0.3) is 11.4 Å². The van der Waals surface area contributed by atoms with Crippen LogP contribution in [0.2, 0.25) is 0 Å². The molecular weight excluding hydrogens is 376 g/mol. The normalized spacial score (nSPS) is 11.0. The Hall–Kier alpha value is -4.40. The molecule has 0 spiro atoms. The smallest absolute Gasteiger partial charge is 0.269 e. The zero-order valence-corrected chi connectivity index (χ0v) is 14.9. The van der Waals surface area contributed by atoms with Crippen LogP contribution in [0.5, 0.6) is 0 Å². The molecule has 3 aromatic carbocycles. The maximum Gasteiger partial charge on any atom is 0.269 e. The van der Waals surface area contributed by atoms with Gasteiger partial charge in [0, 0.05) is 35.4 Å². The van der Waals surface area contributed by atoms with Gasteiger partial charge in [-0.1, -0.05) is 18.2 Å². The van der Waals surface area contributed by atoms with E-state index in [4.69, 9.17) is 0 Å². The minimum Gasteiger partial charge on any atom is -0.287 e. The maximum atomic E-state index is 13.0. The number of hydrazone groups is 1. The fraction of sp³-hybridized carbons (Fsp3) is 0. The molecule has 0 saturated carbocycles. The van der Waals surface area contributed by atoms with Crippen LogP contribution in [-0.4, -0.2) is 21.3 Å². The summed E-state index contributed by atoms with van der Waals surface area (Å²) in [7, 11) is 0. The average Bonchev–Trinajstić information content (AvgIpc) is 2.75. The quantitative estimate of drug-likeness (QED) is 0.279. The van der Waals surface area contributed by atoms with E-state index in [-0.39, 0.29) is 22.6 Å². The molecule has 0 bridgehead atoms. The number of nitrogens with one attached hydrogen (secondary N) is 1. The highest BCUT2D eigenvalue weighted by Crippen LogP contribution is 2.18. The van der Waals surface area contributed by atoms with Gasteiger partial charge in [0.2, 0.25) is 5.78 Å². The number of nitro benzene ring substituents is 2. The zero-order valence-electron chi connectivity index (χ0n) is 14.9. The summed E-state index contributed by atoms with van der Waals surface area (Å²) >= 11 is 0. The molecule has 0 saturated heterocycles. The van der Waals surface area contributed by atoms with Gasteiger partial charge >= 0.3 is 0 Å². The molecule has 9 heteroatoms. The number of hydrogen-bond donors (Lipinski definition) is 1. The summed E-state index contributed by atoms with van der Waals surface area (Å²) in [6.07, 6.45) is 0. The van der Waals surface area contributed by atoms with Crippen molar-refractivity contribution in [1.82, 2.24) is 0 Å². The Morgan fingerprint density at radius 2 is 1.21 bits per heavy atom. The molecular formula is C20H14N4O5. The van der Waals surface area contributed by atoms with Gasteiger partial charge in [-0.05, 0) is 36.4 Å². The van der Waals surface area contributed by atoms with E-state index in [0.29, 0.717) is 11.3 Å². The predicted octanol–water partition coefficient (Wildman–Crippen LogP) is 4.20. The number of anilines is 1. The molecule has 9 nitrogen and oxygen atoms in total. The largest absolute Gasteiger partial charge is 0.287 e. The van der Waals surface area contributed by atoms with Crippen LogP contribution in [0.15, 0.2) is 84.0 Å². The molecule has 1 N–H and O–H groups in total. The van der Waals surface area contributed by atoms with Gasteiger partial charge in [-0.3, -0.25) is 30.4 Å². The second-order valence-corrected chi connectivity index (χ2v) is 5.88. The van der Waals surface area contributed by atoms with E-state index in [1.807, 2.05) is 6.07 Å². The summed E-state index contributed by atoms with van der Waals surface area (Å²) < 4.78 is 0. The van der Waals surface area contributed by atoms with Crippen molar-refractivity contribution < 1.29 is 14.6 Å². The van der Waals surface area contributed by atoms with Crippen LogP contribution in [0.3, 0.4) is 0 Å². The molecule has 0 radical (unpaired) electrons. The Bertz CT molecular complexity index is 1080. The van der Waals surface area contributed by atoms with E-state index in [1.165, 1.54) is 48.5 Å². The van der Waals surface area contributed by atoms with Gasteiger partial charge in [-0.2, -0.15) is 5.10 Å². The molecule has 0 aliphatic heterocycles. The second-order valence-electron chi connectivity index (χ2n) is 5.88. The van der Waals surface area contributed by atoms with E-state index in [0.717, 1.165) is 0 Å². The maximum absolute atomic E-state index is 13.0. The van der Waals surface area contributed by atoms with E-state index in [9.17, 15) is 25.0 Å².